The Morgan fingerprint density at radius 2 is 1.83 bits per heavy atom. The molecule has 1 aromatic rings. The monoisotopic (exact) mass is 262 g/mol. The lowest BCUT2D eigenvalue weighted by atomic mass is 10.1. The number of rotatable bonds is 5. The van der Waals surface area contributed by atoms with Crippen LogP contribution in [-0.4, -0.2) is 20.7 Å². The molecule has 0 saturated heterocycles. The van der Waals surface area contributed by atoms with Crippen LogP contribution in [0.5, 0.6) is 0 Å². The summed E-state index contributed by atoms with van der Waals surface area (Å²) in [5.41, 5.74) is 1.25. The summed E-state index contributed by atoms with van der Waals surface area (Å²) < 4.78 is 5.01. The van der Waals surface area contributed by atoms with E-state index in [0.717, 1.165) is 6.42 Å². The zero-order valence-corrected chi connectivity index (χ0v) is 12.7. The first-order valence-electron chi connectivity index (χ1n) is 6.35. The van der Waals surface area contributed by atoms with Crippen LogP contribution in [0.4, 0.5) is 0 Å². The summed E-state index contributed by atoms with van der Waals surface area (Å²) in [6.07, 6.45) is 2.54. The Bertz CT molecular complexity index is 416. The fourth-order valence-corrected chi connectivity index (χ4v) is 2.96. The van der Waals surface area contributed by atoms with Gasteiger partial charge in [-0.1, -0.05) is 55.2 Å². The number of ether oxygens (including phenoxy) is 1. The first-order valence-corrected chi connectivity index (χ1v) is 9.85. The average Bonchev–Trinajstić information content (AvgIpc) is 2.28. The van der Waals surface area contributed by atoms with Crippen LogP contribution in [0.1, 0.15) is 12.5 Å². The van der Waals surface area contributed by atoms with Crippen LogP contribution in [0.15, 0.2) is 41.6 Å². The summed E-state index contributed by atoms with van der Waals surface area (Å²) >= 11 is 0. The molecule has 3 heteroatoms. The van der Waals surface area contributed by atoms with E-state index in [4.69, 9.17) is 4.74 Å². The molecule has 0 N–H and O–H groups in total. The number of benzene rings is 1. The van der Waals surface area contributed by atoms with Crippen molar-refractivity contribution in [2.24, 2.45) is 0 Å². The molecule has 0 radical (unpaired) electrons. The lowest BCUT2D eigenvalue weighted by Gasteiger charge is -2.21. The zero-order valence-electron chi connectivity index (χ0n) is 11.7. The summed E-state index contributed by atoms with van der Waals surface area (Å²) in [4.78, 5) is 11.6. The lowest BCUT2D eigenvalue weighted by molar-refractivity contribution is -0.137. The Labute approximate surface area is 111 Å². The van der Waals surface area contributed by atoms with Gasteiger partial charge in [0, 0.05) is 6.08 Å². The summed E-state index contributed by atoms with van der Waals surface area (Å²) in [5, 5.41) is 1.23. The van der Waals surface area contributed by atoms with E-state index in [2.05, 4.69) is 31.8 Å². The molecule has 0 bridgehead atoms. The molecule has 0 aliphatic rings. The van der Waals surface area contributed by atoms with Gasteiger partial charge in [-0.15, -0.1) is 0 Å². The largest absolute Gasteiger partial charge is 0.463 e. The van der Waals surface area contributed by atoms with E-state index in [1.165, 1.54) is 10.8 Å². The van der Waals surface area contributed by atoms with Crippen LogP contribution >= 0.6 is 0 Å². The molecule has 0 unspecified atom stereocenters. The summed E-state index contributed by atoms with van der Waals surface area (Å²) in [7, 11) is -1.50. The molecule has 0 spiro atoms. The summed E-state index contributed by atoms with van der Waals surface area (Å²) in [5.74, 6) is -0.217. The first kappa shape index (κ1) is 14.7. The third-order valence-corrected chi connectivity index (χ3v) is 5.03. The van der Waals surface area contributed by atoms with E-state index < -0.39 is 8.07 Å². The summed E-state index contributed by atoms with van der Waals surface area (Å²) in [6.45, 7) is 9.01. The van der Waals surface area contributed by atoms with Crippen molar-refractivity contribution in [2.45, 2.75) is 33.0 Å². The molecule has 2 nitrogen and oxygen atoms in total. The van der Waals surface area contributed by atoms with Gasteiger partial charge in [-0.05, 0) is 18.9 Å². The third kappa shape index (κ3) is 4.88. The zero-order chi connectivity index (χ0) is 13.6. The Balaban J connectivity index is 2.90. The number of hydrogen-bond donors (Lipinski definition) is 0. The number of carbonyl (C=O) groups is 1. The second-order valence-corrected chi connectivity index (χ2v) is 10.5. The minimum Gasteiger partial charge on any atom is -0.463 e. The molecule has 0 aliphatic heterocycles. The lowest BCUT2D eigenvalue weighted by Crippen LogP contribution is -2.26. The van der Waals surface area contributed by atoms with Gasteiger partial charge in [0.2, 0.25) is 0 Å². The molecular weight excluding hydrogens is 240 g/mol. The van der Waals surface area contributed by atoms with E-state index in [9.17, 15) is 4.79 Å². The molecule has 0 atom stereocenters. The predicted molar refractivity (Wildman–Crippen MR) is 78.2 cm³/mol. The molecular formula is C15H22O2Si. The standard InChI is InChI=1S/C15H22O2Si/c1-5-17-15(16)12-14(18(2,3)4)11-13-9-7-6-8-10-13/h6-10,12H,5,11H2,1-4H3/b14-12+. The molecule has 0 amide bonds. The van der Waals surface area contributed by atoms with Gasteiger partial charge in [0.15, 0.2) is 0 Å². The van der Waals surface area contributed by atoms with E-state index in [0.29, 0.717) is 6.61 Å². The quantitative estimate of drug-likeness (QED) is 0.460. The Kier molecular flexibility index (Phi) is 5.35. The maximum Gasteiger partial charge on any atom is 0.330 e. The van der Waals surface area contributed by atoms with Gasteiger partial charge in [-0.2, -0.15) is 0 Å². The number of carbonyl (C=O) groups excluding carboxylic acids is 1. The topological polar surface area (TPSA) is 26.3 Å². The second-order valence-electron chi connectivity index (χ2n) is 5.33. The predicted octanol–water partition coefficient (Wildman–Crippen LogP) is 3.60. The van der Waals surface area contributed by atoms with E-state index in [1.54, 1.807) is 6.08 Å². The van der Waals surface area contributed by atoms with Crippen LogP contribution in [0.3, 0.4) is 0 Å². The van der Waals surface area contributed by atoms with Crippen LogP contribution in [0.2, 0.25) is 19.6 Å². The molecule has 98 valence electrons. The van der Waals surface area contributed by atoms with Crippen molar-refractivity contribution in [2.75, 3.05) is 6.61 Å². The maximum atomic E-state index is 11.6. The highest BCUT2D eigenvalue weighted by molar-refractivity contribution is 6.83. The van der Waals surface area contributed by atoms with Crippen molar-refractivity contribution in [3.8, 4) is 0 Å². The van der Waals surface area contributed by atoms with Crippen LogP contribution in [0, 0.1) is 0 Å². The highest BCUT2D eigenvalue weighted by Crippen LogP contribution is 2.19. The maximum absolute atomic E-state index is 11.6. The van der Waals surface area contributed by atoms with Crippen molar-refractivity contribution in [1.82, 2.24) is 0 Å². The number of esters is 1. The fourth-order valence-electron chi connectivity index (χ4n) is 1.67. The summed E-state index contributed by atoms with van der Waals surface area (Å²) in [6, 6.07) is 10.3. The van der Waals surface area contributed by atoms with Crippen molar-refractivity contribution >= 4 is 14.0 Å². The van der Waals surface area contributed by atoms with Gasteiger partial charge in [0.1, 0.15) is 0 Å². The molecule has 0 fully saturated rings. The van der Waals surface area contributed by atoms with Crippen molar-refractivity contribution in [3.63, 3.8) is 0 Å². The number of allylic oxidation sites excluding steroid dienone is 1. The third-order valence-electron chi connectivity index (χ3n) is 2.78. The highest BCUT2D eigenvalue weighted by Gasteiger charge is 2.21. The van der Waals surface area contributed by atoms with Crippen LogP contribution < -0.4 is 0 Å². The molecule has 18 heavy (non-hydrogen) atoms. The van der Waals surface area contributed by atoms with Gasteiger partial charge in [0.25, 0.3) is 0 Å². The molecule has 0 heterocycles. The number of hydrogen-bond acceptors (Lipinski definition) is 2. The molecule has 0 saturated carbocycles. The molecule has 0 aromatic heterocycles. The van der Waals surface area contributed by atoms with Gasteiger partial charge in [-0.3, -0.25) is 0 Å². The Hall–Kier alpha value is -1.35. The normalized spacial score (nSPS) is 12.3. The van der Waals surface area contributed by atoms with Gasteiger partial charge >= 0.3 is 5.97 Å². The van der Waals surface area contributed by atoms with Crippen molar-refractivity contribution in [3.05, 3.63) is 47.2 Å². The molecule has 1 rings (SSSR count). The van der Waals surface area contributed by atoms with E-state index in [-0.39, 0.29) is 5.97 Å². The highest BCUT2D eigenvalue weighted by atomic mass is 28.3. The van der Waals surface area contributed by atoms with E-state index in [1.807, 2.05) is 25.1 Å². The van der Waals surface area contributed by atoms with Crippen LogP contribution in [0.25, 0.3) is 0 Å². The van der Waals surface area contributed by atoms with Crippen molar-refractivity contribution in [1.29, 1.82) is 0 Å². The van der Waals surface area contributed by atoms with Crippen LogP contribution in [-0.2, 0) is 16.0 Å². The van der Waals surface area contributed by atoms with E-state index >= 15 is 0 Å². The second kappa shape index (κ2) is 6.54. The molecule has 0 aliphatic carbocycles. The molecule has 1 aromatic carbocycles. The van der Waals surface area contributed by atoms with Gasteiger partial charge in [0.05, 0.1) is 14.7 Å². The van der Waals surface area contributed by atoms with Gasteiger partial charge < -0.3 is 4.74 Å². The van der Waals surface area contributed by atoms with Crippen molar-refractivity contribution < 1.29 is 9.53 Å². The smallest absolute Gasteiger partial charge is 0.330 e. The fraction of sp³-hybridized carbons (Fsp3) is 0.400. The van der Waals surface area contributed by atoms with Gasteiger partial charge in [-0.25, -0.2) is 4.79 Å². The SMILES string of the molecule is CCOC(=O)/C=C(\Cc1ccccc1)[Si](C)(C)C. The Morgan fingerprint density at radius 3 is 2.33 bits per heavy atom. The Morgan fingerprint density at radius 1 is 1.22 bits per heavy atom. The first-order chi connectivity index (χ1) is 8.43. The minimum absolute atomic E-state index is 0.217. The average molecular weight is 262 g/mol. The minimum atomic E-state index is -1.50.